The van der Waals surface area contributed by atoms with Gasteiger partial charge < -0.3 is 15.5 Å². The zero-order chi connectivity index (χ0) is 10.4. The fourth-order valence-electron chi connectivity index (χ4n) is 1.59. The minimum atomic E-state index is 0.165. The molecular weight excluding hydrogens is 178 g/mol. The van der Waals surface area contributed by atoms with E-state index in [2.05, 4.69) is 15.5 Å². The number of carbonyl (C=O) groups excluding carboxylic acids is 1. The first-order valence-corrected chi connectivity index (χ1v) is 5.41. The topological polar surface area (TPSA) is 44.4 Å². The Bertz CT molecular complexity index is 176. The van der Waals surface area contributed by atoms with Gasteiger partial charge in [-0.2, -0.15) is 0 Å². The maximum atomic E-state index is 11.3. The second-order valence-electron chi connectivity index (χ2n) is 4.06. The van der Waals surface area contributed by atoms with E-state index in [0.29, 0.717) is 6.42 Å². The van der Waals surface area contributed by atoms with E-state index >= 15 is 0 Å². The summed E-state index contributed by atoms with van der Waals surface area (Å²) in [5.41, 5.74) is 0. The Morgan fingerprint density at radius 2 is 2.07 bits per heavy atom. The number of nitrogens with one attached hydrogen (secondary N) is 2. The van der Waals surface area contributed by atoms with Crippen LogP contribution in [-0.4, -0.2) is 49.6 Å². The summed E-state index contributed by atoms with van der Waals surface area (Å²) in [6.07, 6.45) is 0.623. The number of rotatable bonds is 4. The van der Waals surface area contributed by atoms with Crippen LogP contribution in [0.3, 0.4) is 0 Å². The van der Waals surface area contributed by atoms with Crippen LogP contribution in [0.25, 0.3) is 0 Å². The first kappa shape index (κ1) is 11.5. The number of carbonyl (C=O) groups is 1. The van der Waals surface area contributed by atoms with Crippen LogP contribution in [0.5, 0.6) is 0 Å². The second-order valence-corrected chi connectivity index (χ2v) is 4.06. The van der Waals surface area contributed by atoms with E-state index in [1.165, 1.54) is 0 Å². The van der Waals surface area contributed by atoms with Gasteiger partial charge in [0.25, 0.3) is 0 Å². The van der Waals surface area contributed by atoms with Crippen LogP contribution in [-0.2, 0) is 4.79 Å². The molecule has 0 spiro atoms. The standard InChI is InChI=1S/C10H21N3O/c1-9(2)12-10(14)3-6-13-7-4-11-5-8-13/h9,11H,3-8H2,1-2H3,(H,12,14). The molecule has 0 bridgehead atoms. The molecule has 0 aliphatic carbocycles. The molecule has 4 nitrogen and oxygen atoms in total. The van der Waals surface area contributed by atoms with Crippen LogP contribution in [0.1, 0.15) is 20.3 Å². The highest BCUT2D eigenvalue weighted by atomic mass is 16.1. The van der Waals surface area contributed by atoms with Crippen molar-refractivity contribution in [2.45, 2.75) is 26.3 Å². The molecule has 1 rings (SSSR count). The van der Waals surface area contributed by atoms with Crippen LogP contribution in [0.15, 0.2) is 0 Å². The van der Waals surface area contributed by atoms with Crippen molar-refractivity contribution >= 4 is 5.91 Å². The quantitative estimate of drug-likeness (QED) is 0.659. The normalized spacial score (nSPS) is 18.5. The molecule has 0 aromatic rings. The fraction of sp³-hybridized carbons (Fsp3) is 0.900. The van der Waals surface area contributed by atoms with Gasteiger partial charge in [-0.15, -0.1) is 0 Å². The Kier molecular flexibility index (Phi) is 4.90. The molecule has 1 saturated heterocycles. The lowest BCUT2D eigenvalue weighted by atomic mass is 10.3. The smallest absolute Gasteiger partial charge is 0.221 e. The number of nitrogens with zero attached hydrogens (tertiary/aromatic N) is 1. The molecule has 0 aromatic carbocycles. The Hall–Kier alpha value is -0.610. The highest BCUT2D eigenvalue weighted by Gasteiger charge is 2.11. The molecule has 4 heteroatoms. The number of amides is 1. The fourth-order valence-corrected chi connectivity index (χ4v) is 1.59. The lowest BCUT2D eigenvalue weighted by Gasteiger charge is -2.26. The summed E-state index contributed by atoms with van der Waals surface area (Å²) in [6, 6.07) is 0.255. The van der Waals surface area contributed by atoms with Crippen molar-refractivity contribution < 1.29 is 4.79 Å². The molecule has 0 atom stereocenters. The second kappa shape index (κ2) is 5.98. The van der Waals surface area contributed by atoms with Crippen molar-refractivity contribution in [1.29, 1.82) is 0 Å². The van der Waals surface area contributed by atoms with E-state index in [9.17, 15) is 4.79 Å². The van der Waals surface area contributed by atoms with Crippen molar-refractivity contribution in [3.8, 4) is 0 Å². The van der Waals surface area contributed by atoms with Gasteiger partial charge >= 0.3 is 0 Å². The molecule has 0 aromatic heterocycles. The number of hydrogen-bond donors (Lipinski definition) is 2. The molecule has 82 valence electrons. The monoisotopic (exact) mass is 199 g/mol. The van der Waals surface area contributed by atoms with Crippen LogP contribution in [0, 0.1) is 0 Å². The molecular formula is C10H21N3O. The molecule has 1 heterocycles. The average Bonchev–Trinajstić information content (AvgIpc) is 2.15. The molecule has 14 heavy (non-hydrogen) atoms. The predicted molar refractivity (Wildman–Crippen MR) is 57.2 cm³/mol. The van der Waals surface area contributed by atoms with E-state index in [1.807, 2.05) is 13.8 Å². The van der Waals surface area contributed by atoms with Gasteiger partial charge in [-0.3, -0.25) is 4.79 Å². The van der Waals surface area contributed by atoms with Gasteiger partial charge in [0.2, 0.25) is 5.91 Å². The highest BCUT2D eigenvalue weighted by Crippen LogP contribution is 1.94. The maximum Gasteiger partial charge on any atom is 0.221 e. The van der Waals surface area contributed by atoms with Gasteiger partial charge in [-0.25, -0.2) is 0 Å². The Morgan fingerprint density at radius 1 is 1.43 bits per heavy atom. The van der Waals surface area contributed by atoms with Gasteiger partial charge in [0.1, 0.15) is 0 Å². The zero-order valence-corrected chi connectivity index (χ0v) is 9.18. The van der Waals surface area contributed by atoms with E-state index < -0.39 is 0 Å². The summed E-state index contributed by atoms with van der Waals surface area (Å²) >= 11 is 0. The average molecular weight is 199 g/mol. The predicted octanol–water partition coefficient (Wildman–Crippen LogP) is -0.194. The zero-order valence-electron chi connectivity index (χ0n) is 9.18. The van der Waals surface area contributed by atoms with E-state index in [0.717, 1.165) is 32.7 Å². The lowest BCUT2D eigenvalue weighted by molar-refractivity contribution is -0.121. The largest absolute Gasteiger partial charge is 0.354 e. The molecule has 0 radical (unpaired) electrons. The van der Waals surface area contributed by atoms with Crippen LogP contribution in [0.4, 0.5) is 0 Å². The SMILES string of the molecule is CC(C)NC(=O)CCN1CCNCC1. The first-order valence-electron chi connectivity index (χ1n) is 5.41. The Labute approximate surface area is 86.0 Å². The van der Waals surface area contributed by atoms with Crippen molar-refractivity contribution in [3.05, 3.63) is 0 Å². The van der Waals surface area contributed by atoms with Crippen LogP contribution in [0.2, 0.25) is 0 Å². The summed E-state index contributed by atoms with van der Waals surface area (Å²) in [5.74, 6) is 0.165. The van der Waals surface area contributed by atoms with Crippen LogP contribution >= 0.6 is 0 Å². The van der Waals surface area contributed by atoms with Gasteiger partial charge in [0.15, 0.2) is 0 Å². The van der Waals surface area contributed by atoms with Crippen molar-refractivity contribution in [2.75, 3.05) is 32.7 Å². The molecule has 1 aliphatic heterocycles. The van der Waals surface area contributed by atoms with Gasteiger partial charge in [-0.05, 0) is 13.8 Å². The van der Waals surface area contributed by atoms with Crippen LogP contribution < -0.4 is 10.6 Å². The summed E-state index contributed by atoms with van der Waals surface area (Å²) in [6.45, 7) is 9.09. The van der Waals surface area contributed by atoms with E-state index in [1.54, 1.807) is 0 Å². The molecule has 1 amide bonds. The lowest BCUT2D eigenvalue weighted by Crippen LogP contribution is -2.45. The highest BCUT2D eigenvalue weighted by molar-refractivity contribution is 5.76. The molecule has 0 unspecified atom stereocenters. The van der Waals surface area contributed by atoms with E-state index in [-0.39, 0.29) is 11.9 Å². The van der Waals surface area contributed by atoms with Crippen molar-refractivity contribution in [2.24, 2.45) is 0 Å². The minimum absolute atomic E-state index is 0.165. The van der Waals surface area contributed by atoms with Gasteiger partial charge in [-0.1, -0.05) is 0 Å². The third-order valence-electron chi connectivity index (χ3n) is 2.31. The van der Waals surface area contributed by atoms with E-state index in [4.69, 9.17) is 0 Å². The third kappa shape index (κ3) is 4.58. The summed E-state index contributed by atoms with van der Waals surface area (Å²) < 4.78 is 0. The third-order valence-corrected chi connectivity index (χ3v) is 2.31. The summed E-state index contributed by atoms with van der Waals surface area (Å²) in [7, 11) is 0. The number of piperazine rings is 1. The first-order chi connectivity index (χ1) is 6.68. The van der Waals surface area contributed by atoms with Crippen molar-refractivity contribution in [3.63, 3.8) is 0 Å². The van der Waals surface area contributed by atoms with Crippen molar-refractivity contribution in [1.82, 2.24) is 15.5 Å². The van der Waals surface area contributed by atoms with Gasteiger partial charge in [0, 0.05) is 45.2 Å². The Morgan fingerprint density at radius 3 is 2.64 bits per heavy atom. The molecule has 1 aliphatic rings. The summed E-state index contributed by atoms with van der Waals surface area (Å²) in [4.78, 5) is 13.7. The minimum Gasteiger partial charge on any atom is -0.354 e. The summed E-state index contributed by atoms with van der Waals surface area (Å²) in [5, 5.41) is 6.19. The molecule has 2 N–H and O–H groups in total. The Balaban J connectivity index is 2.09. The molecule has 0 saturated carbocycles. The molecule has 1 fully saturated rings. The maximum absolute atomic E-state index is 11.3. The van der Waals surface area contributed by atoms with Gasteiger partial charge in [0.05, 0.1) is 0 Å². The number of hydrogen-bond acceptors (Lipinski definition) is 3.